The molecule has 6 heteroatoms. The summed E-state index contributed by atoms with van der Waals surface area (Å²) in [6, 6.07) is 3.89. The van der Waals surface area contributed by atoms with Crippen LogP contribution in [0.2, 0.25) is 0 Å². The van der Waals surface area contributed by atoms with E-state index in [0.29, 0.717) is 19.5 Å². The first kappa shape index (κ1) is 13.2. The van der Waals surface area contributed by atoms with E-state index in [-0.39, 0.29) is 16.3 Å². The van der Waals surface area contributed by atoms with Crippen LogP contribution in [-0.4, -0.2) is 37.7 Å². The fourth-order valence-electron chi connectivity index (χ4n) is 2.55. The van der Waals surface area contributed by atoms with Crippen LogP contribution in [0.5, 0.6) is 0 Å². The summed E-state index contributed by atoms with van der Waals surface area (Å²) in [5.41, 5.74) is 1.90. The minimum Gasteiger partial charge on any atom is -0.346 e. The topological polar surface area (TPSA) is 66.1 Å². The molecule has 1 unspecified atom stereocenters. The number of amides is 1. The Morgan fingerprint density at radius 1 is 1.60 bits per heavy atom. The molecule has 3 heterocycles. The molecule has 5 nitrogen and oxygen atoms in total. The van der Waals surface area contributed by atoms with Crippen molar-refractivity contribution < 1.29 is 9.59 Å². The zero-order chi connectivity index (χ0) is 14.1. The highest BCUT2D eigenvalue weighted by molar-refractivity contribution is 8.14. The maximum atomic E-state index is 12.0. The summed E-state index contributed by atoms with van der Waals surface area (Å²) in [5.74, 6) is 0.113. The molecule has 1 fully saturated rings. The largest absolute Gasteiger partial charge is 0.346 e. The molecular formula is C14H15N3O2S. The number of carbonyl (C=O) groups excluding carboxylic acids is 2. The second-order valence-corrected chi connectivity index (χ2v) is 6.40. The van der Waals surface area contributed by atoms with Crippen LogP contribution < -0.4 is 0 Å². The van der Waals surface area contributed by atoms with Crippen molar-refractivity contribution in [3.63, 3.8) is 0 Å². The van der Waals surface area contributed by atoms with E-state index >= 15 is 0 Å². The van der Waals surface area contributed by atoms with E-state index in [0.717, 1.165) is 16.6 Å². The highest BCUT2D eigenvalue weighted by atomic mass is 32.2. The van der Waals surface area contributed by atoms with Crippen molar-refractivity contribution >= 4 is 33.8 Å². The molecule has 1 aliphatic heterocycles. The standard InChI is InChI=1S/C14H15N3O2S/c1-9(18)20-11-5-13(19)17(8-11)7-10-6-16-14-12(10)3-2-4-15-14/h2-4,6,11H,5,7-8H2,1H3,(H,15,16). The summed E-state index contributed by atoms with van der Waals surface area (Å²) in [4.78, 5) is 32.3. The van der Waals surface area contributed by atoms with Crippen molar-refractivity contribution in [1.29, 1.82) is 0 Å². The first-order chi connectivity index (χ1) is 9.63. The van der Waals surface area contributed by atoms with Gasteiger partial charge in [-0.15, -0.1) is 0 Å². The smallest absolute Gasteiger partial charge is 0.224 e. The lowest BCUT2D eigenvalue weighted by atomic mass is 10.2. The van der Waals surface area contributed by atoms with Crippen LogP contribution in [0.4, 0.5) is 0 Å². The Bertz CT molecular complexity index is 667. The molecular weight excluding hydrogens is 274 g/mol. The van der Waals surface area contributed by atoms with Crippen LogP contribution in [0.25, 0.3) is 11.0 Å². The lowest BCUT2D eigenvalue weighted by Gasteiger charge is -2.15. The van der Waals surface area contributed by atoms with Gasteiger partial charge in [0.1, 0.15) is 5.65 Å². The first-order valence-electron chi connectivity index (χ1n) is 6.49. The Hall–Kier alpha value is -1.82. The molecule has 104 valence electrons. The van der Waals surface area contributed by atoms with Gasteiger partial charge in [-0.3, -0.25) is 9.59 Å². The number of H-pyrrole nitrogens is 1. The average molecular weight is 289 g/mol. The lowest BCUT2D eigenvalue weighted by molar-refractivity contribution is -0.128. The minimum atomic E-state index is 0.0703. The Morgan fingerprint density at radius 3 is 3.25 bits per heavy atom. The zero-order valence-corrected chi connectivity index (χ0v) is 11.9. The fraction of sp³-hybridized carbons (Fsp3) is 0.357. The molecule has 0 aliphatic carbocycles. The Labute approximate surface area is 120 Å². The van der Waals surface area contributed by atoms with Crippen LogP contribution in [0.15, 0.2) is 24.5 Å². The molecule has 0 bridgehead atoms. The van der Waals surface area contributed by atoms with Crippen molar-refractivity contribution in [2.45, 2.75) is 25.1 Å². The van der Waals surface area contributed by atoms with Gasteiger partial charge in [-0.2, -0.15) is 0 Å². The van der Waals surface area contributed by atoms with E-state index in [9.17, 15) is 9.59 Å². The normalized spacial score (nSPS) is 18.9. The van der Waals surface area contributed by atoms with Gasteiger partial charge in [-0.1, -0.05) is 11.8 Å². The van der Waals surface area contributed by atoms with Crippen molar-refractivity contribution in [2.24, 2.45) is 0 Å². The molecule has 0 radical (unpaired) electrons. The summed E-state index contributed by atoms with van der Waals surface area (Å²) in [6.07, 6.45) is 4.09. The quantitative estimate of drug-likeness (QED) is 0.938. The van der Waals surface area contributed by atoms with E-state index in [1.807, 2.05) is 23.2 Å². The number of hydrogen-bond acceptors (Lipinski definition) is 4. The predicted octanol–water partition coefficient (Wildman–Crippen LogP) is 1.94. The number of carbonyl (C=O) groups is 2. The number of thioether (sulfide) groups is 1. The molecule has 1 amide bonds. The maximum absolute atomic E-state index is 12.0. The number of pyridine rings is 1. The molecule has 1 aliphatic rings. The summed E-state index contributed by atoms with van der Waals surface area (Å²) < 4.78 is 0. The van der Waals surface area contributed by atoms with E-state index in [1.54, 1.807) is 13.1 Å². The third-order valence-electron chi connectivity index (χ3n) is 3.41. The fourth-order valence-corrected chi connectivity index (χ4v) is 3.50. The van der Waals surface area contributed by atoms with Gasteiger partial charge in [0.25, 0.3) is 0 Å². The Balaban J connectivity index is 1.75. The number of likely N-dealkylation sites (tertiary alicyclic amines) is 1. The summed E-state index contributed by atoms with van der Waals surface area (Å²) in [6.45, 7) is 2.75. The van der Waals surface area contributed by atoms with Crippen molar-refractivity contribution in [3.8, 4) is 0 Å². The Morgan fingerprint density at radius 2 is 2.45 bits per heavy atom. The summed E-state index contributed by atoms with van der Waals surface area (Å²) >= 11 is 1.26. The van der Waals surface area contributed by atoms with Gasteiger partial charge in [0.05, 0.1) is 0 Å². The molecule has 2 aromatic heterocycles. The number of nitrogens with zero attached hydrogens (tertiary/aromatic N) is 2. The lowest BCUT2D eigenvalue weighted by Crippen LogP contribution is -2.24. The van der Waals surface area contributed by atoms with E-state index in [2.05, 4.69) is 9.97 Å². The molecule has 1 saturated heterocycles. The monoisotopic (exact) mass is 289 g/mol. The van der Waals surface area contributed by atoms with Crippen LogP contribution in [0.1, 0.15) is 18.9 Å². The predicted molar refractivity (Wildman–Crippen MR) is 78.2 cm³/mol. The van der Waals surface area contributed by atoms with Gasteiger partial charge in [-0.25, -0.2) is 4.98 Å². The van der Waals surface area contributed by atoms with Crippen LogP contribution in [0, 0.1) is 0 Å². The highest BCUT2D eigenvalue weighted by Gasteiger charge is 2.31. The summed E-state index contributed by atoms with van der Waals surface area (Å²) in [7, 11) is 0. The van der Waals surface area contributed by atoms with Gasteiger partial charge < -0.3 is 9.88 Å². The Kier molecular flexibility index (Phi) is 3.48. The highest BCUT2D eigenvalue weighted by Crippen LogP contribution is 2.26. The third-order valence-corrected chi connectivity index (χ3v) is 4.39. The summed E-state index contributed by atoms with van der Waals surface area (Å²) in [5, 5.41) is 1.20. The second kappa shape index (κ2) is 5.28. The van der Waals surface area contributed by atoms with Crippen LogP contribution in [0.3, 0.4) is 0 Å². The van der Waals surface area contributed by atoms with Gasteiger partial charge >= 0.3 is 0 Å². The number of fused-ring (bicyclic) bond motifs is 1. The molecule has 20 heavy (non-hydrogen) atoms. The van der Waals surface area contributed by atoms with Crippen LogP contribution in [-0.2, 0) is 16.1 Å². The SMILES string of the molecule is CC(=O)SC1CC(=O)N(Cc2c[nH]c3ncccc23)C1. The van der Waals surface area contributed by atoms with Gasteiger partial charge in [-0.05, 0) is 17.7 Å². The first-order valence-corrected chi connectivity index (χ1v) is 7.37. The number of aromatic amines is 1. The van der Waals surface area contributed by atoms with Crippen LogP contribution >= 0.6 is 11.8 Å². The van der Waals surface area contributed by atoms with Crippen molar-refractivity contribution in [3.05, 3.63) is 30.1 Å². The number of hydrogen-bond donors (Lipinski definition) is 1. The molecule has 0 aromatic carbocycles. The van der Waals surface area contributed by atoms with Gasteiger partial charge in [0, 0.05) is 49.5 Å². The minimum absolute atomic E-state index is 0.0703. The van der Waals surface area contributed by atoms with E-state index < -0.39 is 0 Å². The van der Waals surface area contributed by atoms with Gasteiger partial charge in [0.2, 0.25) is 5.91 Å². The van der Waals surface area contributed by atoms with Gasteiger partial charge in [0.15, 0.2) is 5.12 Å². The molecule has 0 spiro atoms. The van der Waals surface area contributed by atoms with Crippen molar-refractivity contribution in [2.75, 3.05) is 6.54 Å². The molecule has 2 aromatic rings. The second-order valence-electron chi connectivity index (χ2n) is 4.92. The van der Waals surface area contributed by atoms with E-state index in [1.165, 1.54) is 11.8 Å². The van der Waals surface area contributed by atoms with Crippen molar-refractivity contribution in [1.82, 2.24) is 14.9 Å². The van der Waals surface area contributed by atoms with E-state index in [4.69, 9.17) is 0 Å². The molecule has 0 saturated carbocycles. The maximum Gasteiger partial charge on any atom is 0.224 e. The number of nitrogens with one attached hydrogen (secondary N) is 1. The number of rotatable bonds is 3. The zero-order valence-electron chi connectivity index (χ0n) is 11.1. The number of aromatic nitrogens is 2. The molecule has 1 atom stereocenters. The molecule has 1 N–H and O–H groups in total. The average Bonchev–Trinajstić information content (AvgIpc) is 2.95. The third kappa shape index (κ3) is 2.56. The molecule has 3 rings (SSSR count).